The summed E-state index contributed by atoms with van der Waals surface area (Å²) in [6.07, 6.45) is 3.20. The normalized spacial score (nSPS) is 33.4. The number of aliphatic hydroxyl groups excluding tert-OH is 1. The van der Waals surface area contributed by atoms with Gasteiger partial charge >= 0.3 is 5.97 Å². The molecule has 10 heteroatoms. The van der Waals surface area contributed by atoms with E-state index in [1.165, 1.54) is 4.90 Å². The molecule has 1 spiro atoms. The van der Waals surface area contributed by atoms with E-state index in [2.05, 4.69) is 11.5 Å². The van der Waals surface area contributed by atoms with E-state index < -0.39 is 35.6 Å². The topological polar surface area (TPSA) is 120 Å². The van der Waals surface area contributed by atoms with Crippen LogP contribution in [0.25, 0.3) is 0 Å². The number of carboxylic acid groups (broad SMARTS) is 1. The third kappa shape index (κ3) is 4.29. The van der Waals surface area contributed by atoms with Crippen LogP contribution < -0.4 is 0 Å². The molecule has 33 heavy (non-hydrogen) atoms. The SMILES string of the molecule is C=CCN(CCN1CCOCC1)C(=O)C1N(CCCCO)C(=O)[C@@H]2[C@@H](C(=O)O)[C@H]3CCC12O3. The summed E-state index contributed by atoms with van der Waals surface area (Å²) < 4.78 is 11.6. The van der Waals surface area contributed by atoms with Gasteiger partial charge in [-0.2, -0.15) is 0 Å². The highest BCUT2D eigenvalue weighted by molar-refractivity contribution is 5.98. The number of carbonyl (C=O) groups is 3. The largest absolute Gasteiger partial charge is 0.481 e. The Morgan fingerprint density at radius 3 is 2.67 bits per heavy atom. The second-order valence-corrected chi connectivity index (χ2v) is 9.38. The number of nitrogens with zero attached hydrogens (tertiary/aromatic N) is 3. The smallest absolute Gasteiger partial charge is 0.310 e. The first-order valence-corrected chi connectivity index (χ1v) is 12.0. The lowest BCUT2D eigenvalue weighted by molar-refractivity contribution is -0.151. The lowest BCUT2D eigenvalue weighted by atomic mass is 9.70. The van der Waals surface area contributed by atoms with E-state index >= 15 is 0 Å². The van der Waals surface area contributed by atoms with Crippen LogP contribution >= 0.6 is 0 Å². The molecule has 4 rings (SSSR count). The minimum absolute atomic E-state index is 0.00627. The molecule has 4 fully saturated rings. The molecular formula is C23H35N3O7. The number of ether oxygens (including phenoxy) is 2. The summed E-state index contributed by atoms with van der Waals surface area (Å²) in [6, 6.07) is -0.854. The molecule has 0 aromatic rings. The number of aliphatic carboxylic acids is 1. The van der Waals surface area contributed by atoms with E-state index in [0.29, 0.717) is 65.1 Å². The zero-order valence-electron chi connectivity index (χ0n) is 19.1. The van der Waals surface area contributed by atoms with Gasteiger partial charge in [0.05, 0.1) is 31.2 Å². The lowest BCUT2D eigenvalue weighted by Gasteiger charge is -2.37. The summed E-state index contributed by atoms with van der Waals surface area (Å²) in [7, 11) is 0. The second-order valence-electron chi connectivity index (χ2n) is 9.38. The molecule has 0 aromatic carbocycles. The first-order chi connectivity index (χ1) is 15.9. The van der Waals surface area contributed by atoms with Gasteiger partial charge in [0.15, 0.2) is 0 Å². The van der Waals surface area contributed by atoms with Crippen LogP contribution in [0, 0.1) is 11.8 Å². The van der Waals surface area contributed by atoms with Crippen LogP contribution in [-0.2, 0) is 23.9 Å². The molecule has 4 heterocycles. The van der Waals surface area contributed by atoms with Crippen LogP contribution in [0.3, 0.4) is 0 Å². The number of likely N-dealkylation sites (tertiary alicyclic amines) is 1. The third-order valence-electron chi connectivity index (χ3n) is 7.58. The van der Waals surface area contributed by atoms with Crippen molar-refractivity contribution in [3.8, 4) is 0 Å². The van der Waals surface area contributed by atoms with Crippen molar-refractivity contribution in [1.29, 1.82) is 0 Å². The number of amides is 2. The van der Waals surface area contributed by atoms with Gasteiger partial charge in [0.25, 0.3) is 0 Å². The molecule has 0 aromatic heterocycles. The van der Waals surface area contributed by atoms with Crippen LogP contribution in [0.5, 0.6) is 0 Å². The third-order valence-corrected chi connectivity index (χ3v) is 7.58. The molecule has 184 valence electrons. The maximum absolute atomic E-state index is 14.0. The number of hydrogen-bond donors (Lipinski definition) is 2. The molecule has 10 nitrogen and oxygen atoms in total. The fraction of sp³-hybridized carbons (Fsp3) is 0.783. The van der Waals surface area contributed by atoms with E-state index in [1.807, 2.05) is 0 Å². The number of carbonyl (C=O) groups excluding carboxylic acids is 2. The van der Waals surface area contributed by atoms with Crippen molar-refractivity contribution in [1.82, 2.24) is 14.7 Å². The Morgan fingerprint density at radius 2 is 2.00 bits per heavy atom. The predicted octanol–water partition coefficient (Wildman–Crippen LogP) is -0.435. The number of fused-ring (bicyclic) bond motifs is 1. The van der Waals surface area contributed by atoms with Crippen molar-refractivity contribution < 1.29 is 34.1 Å². The van der Waals surface area contributed by atoms with Gasteiger partial charge in [-0.1, -0.05) is 6.08 Å². The summed E-state index contributed by atoms with van der Waals surface area (Å²) in [5.41, 5.74) is -1.10. The molecule has 0 radical (unpaired) electrons. The second kappa shape index (κ2) is 10.1. The summed E-state index contributed by atoms with van der Waals surface area (Å²) in [4.78, 5) is 45.0. The average Bonchev–Trinajstić information content (AvgIpc) is 3.45. The molecule has 2 unspecified atom stereocenters. The minimum atomic E-state index is -1.10. The van der Waals surface area contributed by atoms with Crippen LogP contribution in [0.2, 0.25) is 0 Å². The van der Waals surface area contributed by atoms with Gasteiger partial charge in [-0.3, -0.25) is 19.3 Å². The minimum Gasteiger partial charge on any atom is -0.481 e. The van der Waals surface area contributed by atoms with Gasteiger partial charge in [-0.05, 0) is 25.7 Å². The molecule has 4 saturated heterocycles. The highest BCUT2D eigenvalue weighted by Gasteiger charge is 2.74. The van der Waals surface area contributed by atoms with Crippen LogP contribution in [0.1, 0.15) is 25.7 Å². The van der Waals surface area contributed by atoms with Gasteiger partial charge < -0.3 is 29.5 Å². The Kier molecular flexibility index (Phi) is 7.37. The maximum Gasteiger partial charge on any atom is 0.310 e. The lowest BCUT2D eigenvalue weighted by Crippen LogP contribution is -2.57. The summed E-state index contributed by atoms with van der Waals surface area (Å²) in [5, 5.41) is 19.0. The van der Waals surface area contributed by atoms with Gasteiger partial charge in [0.1, 0.15) is 11.6 Å². The van der Waals surface area contributed by atoms with Gasteiger partial charge in [-0.25, -0.2) is 0 Å². The molecule has 5 atom stereocenters. The van der Waals surface area contributed by atoms with Crippen LogP contribution in [-0.4, -0.2) is 120 Å². The number of carboxylic acids is 1. The zero-order chi connectivity index (χ0) is 23.6. The van der Waals surface area contributed by atoms with E-state index in [-0.39, 0.29) is 18.4 Å². The van der Waals surface area contributed by atoms with Gasteiger partial charge in [0.2, 0.25) is 11.8 Å². The molecule has 2 N–H and O–H groups in total. The van der Waals surface area contributed by atoms with Crippen molar-refractivity contribution in [3.05, 3.63) is 12.7 Å². The Balaban J connectivity index is 1.59. The summed E-state index contributed by atoms with van der Waals surface area (Å²) in [6.45, 7) is 8.54. The molecule has 2 amide bonds. The standard InChI is InChI=1S/C23H35N3O7/c1-2-7-25(10-9-24-11-14-32-15-12-24)21(29)19-23-6-5-16(33-23)17(22(30)31)18(23)20(28)26(19)8-3-4-13-27/h2,16-19,27H,1,3-15H2,(H,30,31)/t16-,17+,18+,19?,23?/m1/s1. The highest BCUT2D eigenvalue weighted by atomic mass is 16.5. The summed E-state index contributed by atoms with van der Waals surface area (Å²) >= 11 is 0. The number of rotatable bonds is 11. The van der Waals surface area contributed by atoms with E-state index in [9.17, 15) is 24.6 Å². The van der Waals surface area contributed by atoms with Crippen molar-refractivity contribution >= 4 is 17.8 Å². The van der Waals surface area contributed by atoms with E-state index in [4.69, 9.17) is 9.47 Å². The molecule has 4 aliphatic rings. The Bertz CT molecular complexity index is 771. The Hall–Kier alpha value is -2.01. The van der Waals surface area contributed by atoms with Crippen LogP contribution in [0.15, 0.2) is 12.7 Å². The Labute approximate surface area is 194 Å². The number of aliphatic hydroxyl groups is 1. The number of unbranched alkanes of at least 4 members (excludes halogenated alkanes) is 1. The van der Waals surface area contributed by atoms with E-state index in [0.717, 1.165) is 13.1 Å². The summed E-state index contributed by atoms with van der Waals surface area (Å²) in [5.74, 6) is -3.34. The monoisotopic (exact) mass is 465 g/mol. The fourth-order valence-corrected chi connectivity index (χ4v) is 6.06. The molecule has 0 aliphatic carbocycles. The maximum atomic E-state index is 14.0. The predicted molar refractivity (Wildman–Crippen MR) is 117 cm³/mol. The highest BCUT2D eigenvalue weighted by Crippen LogP contribution is 2.58. The molecular weight excluding hydrogens is 430 g/mol. The molecule has 4 aliphatic heterocycles. The average molecular weight is 466 g/mol. The van der Waals surface area contributed by atoms with Gasteiger partial charge in [-0.15, -0.1) is 6.58 Å². The molecule has 0 saturated carbocycles. The van der Waals surface area contributed by atoms with Crippen LogP contribution in [0.4, 0.5) is 0 Å². The quantitative estimate of drug-likeness (QED) is 0.312. The number of morpholine rings is 1. The first-order valence-electron chi connectivity index (χ1n) is 12.0. The molecule has 2 bridgehead atoms. The van der Waals surface area contributed by atoms with Crippen molar-refractivity contribution in [3.63, 3.8) is 0 Å². The van der Waals surface area contributed by atoms with Crippen molar-refractivity contribution in [2.75, 3.05) is 59.1 Å². The van der Waals surface area contributed by atoms with Crippen molar-refractivity contribution in [2.45, 2.75) is 43.4 Å². The zero-order valence-corrected chi connectivity index (χ0v) is 19.1. The fourth-order valence-electron chi connectivity index (χ4n) is 6.06. The van der Waals surface area contributed by atoms with Gasteiger partial charge in [0, 0.05) is 45.9 Å². The van der Waals surface area contributed by atoms with E-state index in [1.54, 1.807) is 11.0 Å². The van der Waals surface area contributed by atoms with Crippen molar-refractivity contribution in [2.24, 2.45) is 11.8 Å². The number of hydrogen-bond acceptors (Lipinski definition) is 7. The first kappa shape index (κ1) is 24.1. The Morgan fingerprint density at radius 1 is 1.24 bits per heavy atom.